The minimum Gasteiger partial charge on any atom is -0.497 e. The lowest BCUT2D eigenvalue weighted by Crippen LogP contribution is -2.13. The first kappa shape index (κ1) is 14.3. The molecule has 1 heterocycles. The van der Waals surface area contributed by atoms with E-state index in [1.165, 1.54) is 6.08 Å². The van der Waals surface area contributed by atoms with Gasteiger partial charge in [0.1, 0.15) is 17.4 Å². The van der Waals surface area contributed by atoms with Crippen molar-refractivity contribution in [1.82, 2.24) is 4.98 Å². The van der Waals surface area contributed by atoms with E-state index < -0.39 is 5.91 Å². The maximum absolute atomic E-state index is 12.1. The average molecular weight is 279 g/mol. The zero-order chi connectivity index (χ0) is 15.1. The van der Waals surface area contributed by atoms with Gasteiger partial charge in [-0.25, -0.2) is 0 Å². The molecule has 5 nitrogen and oxygen atoms in total. The molecule has 21 heavy (non-hydrogen) atoms. The van der Waals surface area contributed by atoms with Crippen molar-refractivity contribution < 1.29 is 9.53 Å². The average Bonchev–Trinajstić information content (AvgIpc) is 2.54. The van der Waals surface area contributed by atoms with E-state index in [2.05, 4.69) is 10.3 Å². The van der Waals surface area contributed by atoms with Crippen LogP contribution in [0.3, 0.4) is 0 Å². The summed E-state index contributed by atoms with van der Waals surface area (Å²) in [5.41, 5.74) is 1.36. The summed E-state index contributed by atoms with van der Waals surface area (Å²) in [5, 5.41) is 11.8. The van der Waals surface area contributed by atoms with Crippen molar-refractivity contribution in [1.29, 1.82) is 5.26 Å². The number of aromatic nitrogens is 1. The van der Waals surface area contributed by atoms with E-state index in [1.54, 1.807) is 55.9 Å². The number of pyridine rings is 1. The molecule has 0 radical (unpaired) electrons. The Hall–Kier alpha value is -3.13. The molecule has 0 fully saturated rings. The monoisotopic (exact) mass is 279 g/mol. The molecule has 1 aromatic carbocycles. The van der Waals surface area contributed by atoms with Crippen LogP contribution < -0.4 is 10.1 Å². The van der Waals surface area contributed by atoms with Crippen molar-refractivity contribution in [3.05, 3.63) is 59.9 Å². The minimum atomic E-state index is -0.459. The Balaban J connectivity index is 2.13. The zero-order valence-electron chi connectivity index (χ0n) is 11.4. The van der Waals surface area contributed by atoms with Gasteiger partial charge in [0, 0.05) is 18.1 Å². The van der Waals surface area contributed by atoms with Crippen LogP contribution in [-0.4, -0.2) is 18.0 Å². The molecule has 2 rings (SSSR count). The number of carbonyl (C=O) groups excluding carboxylic acids is 1. The molecule has 0 aliphatic heterocycles. The molecule has 104 valence electrons. The number of nitrogens with one attached hydrogen (secondary N) is 1. The first-order chi connectivity index (χ1) is 10.2. The van der Waals surface area contributed by atoms with E-state index >= 15 is 0 Å². The van der Waals surface area contributed by atoms with Gasteiger partial charge >= 0.3 is 0 Å². The normalized spacial score (nSPS) is 10.6. The maximum Gasteiger partial charge on any atom is 0.266 e. The van der Waals surface area contributed by atoms with Gasteiger partial charge in [-0.2, -0.15) is 5.26 Å². The summed E-state index contributed by atoms with van der Waals surface area (Å²) >= 11 is 0. The lowest BCUT2D eigenvalue weighted by atomic mass is 10.1. The van der Waals surface area contributed by atoms with E-state index in [-0.39, 0.29) is 5.57 Å². The van der Waals surface area contributed by atoms with Crippen molar-refractivity contribution in [2.75, 3.05) is 12.4 Å². The summed E-state index contributed by atoms with van der Waals surface area (Å²) in [6.07, 6.45) is 4.71. The summed E-state index contributed by atoms with van der Waals surface area (Å²) in [4.78, 5) is 15.9. The fourth-order valence-corrected chi connectivity index (χ4v) is 1.65. The fourth-order valence-electron chi connectivity index (χ4n) is 1.65. The van der Waals surface area contributed by atoms with Crippen LogP contribution in [-0.2, 0) is 4.79 Å². The predicted octanol–water partition coefficient (Wildman–Crippen LogP) is 2.64. The van der Waals surface area contributed by atoms with Crippen LogP contribution in [0.25, 0.3) is 6.08 Å². The van der Waals surface area contributed by atoms with E-state index in [1.807, 2.05) is 6.07 Å². The van der Waals surface area contributed by atoms with Crippen LogP contribution >= 0.6 is 0 Å². The molecule has 0 aliphatic carbocycles. The second-order valence-electron chi connectivity index (χ2n) is 4.13. The zero-order valence-corrected chi connectivity index (χ0v) is 11.4. The number of amides is 1. The molecule has 0 saturated carbocycles. The number of hydrogen-bond donors (Lipinski definition) is 1. The number of anilines is 1. The Kier molecular flexibility index (Phi) is 4.67. The number of nitrogens with zero attached hydrogens (tertiary/aromatic N) is 2. The van der Waals surface area contributed by atoms with Gasteiger partial charge in [0.25, 0.3) is 5.91 Å². The van der Waals surface area contributed by atoms with Crippen molar-refractivity contribution >= 4 is 17.7 Å². The van der Waals surface area contributed by atoms with Crippen molar-refractivity contribution in [3.63, 3.8) is 0 Å². The molecule has 0 unspecified atom stereocenters. The molecule has 0 bridgehead atoms. The predicted molar refractivity (Wildman–Crippen MR) is 79.5 cm³/mol. The maximum atomic E-state index is 12.1. The summed E-state index contributed by atoms with van der Waals surface area (Å²) in [7, 11) is 1.57. The van der Waals surface area contributed by atoms with Gasteiger partial charge in [-0.15, -0.1) is 0 Å². The number of methoxy groups -OCH3 is 1. The number of carbonyl (C=O) groups is 1. The highest BCUT2D eigenvalue weighted by molar-refractivity contribution is 6.09. The van der Waals surface area contributed by atoms with Gasteiger partial charge in [0.15, 0.2) is 0 Å². The van der Waals surface area contributed by atoms with Gasteiger partial charge < -0.3 is 10.1 Å². The number of benzene rings is 1. The van der Waals surface area contributed by atoms with Crippen LogP contribution in [0.15, 0.2) is 54.4 Å². The van der Waals surface area contributed by atoms with E-state index in [0.717, 1.165) is 5.56 Å². The largest absolute Gasteiger partial charge is 0.497 e. The summed E-state index contributed by atoms with van der Waals surface area (Å²) < 4.78 is 5.04. The molecule has 2 aromatic rings. The Morgan fingerprint density at radius 3 is 2.48 bits per heavy atom. The van der Waals surface area contributed by atoms with Gasteiger partial charge in [0.2, 0.25) is 0 Å². The topological polar surface area (TPSA) is 75.0 Å². The lowest BCUT2D eigenvalue weighted by molar-refractivity contribution is -0.112. The van der Waals surface area contributed by atoms with Crippen LogP contribution in [0, 0.1) is 11.3 Å². The molecular formula is C16H13N3O2. The molecule has 1 aromatic heterocycles. The van der Waals surface area contributed by atoms with Crippen molar-refractivity contribution in [2.24, 2.45) is 0 Å². The fraction of sp³-hybridized carbons (Fsp3) is 0.0625. The molecule has 0 atom stereocenters. The Morgan fingerprint density at radius 2 is 1.90 bits per heavy atom. The molecule has 5 heteroatoms. The molecule has 0 aliphatic rings. The van der Waals surface area contributed by atoms with Gasteiger partial charge in [-0.1, -0.05) is 0 Å². The van der Waals surface area contributed by atoms with Gasteiger partial charge in [-0.3, -0.25) is 9.78 Å². The molecular weight excluding hydrogens is 266 g/mol. The first-order valence-corrected chi connectivity index (χ1v) is 6.20. The van der Waals surface area contributed by atoms with Crippen molar-refractivity contribution in [2.45, 2.75) is 0 Å². The molecule has 1 N–H and O–H groups in total. The highest BCUT2D eigenvalue weighted by Crippen LogP contribution is 2.16. The van der Waals surface area contributed by atoms with Crippen LogP contribution in [0.2, 0.25) is 0 Å². The summed E-state index contributed by atoms with van der Waals surface area (Å²) in [6.45, 7) is 0. The van der Waals surface area contributed by atoms with Crippen LogP contribution in [0.1, 0.15) is 5.56 Å². The summed E-state index contributed by atoms with van der Waals surface area (Å²) in [6, 6.07) is 12.2. The lowest BCUT2D eigenvalue weighted by Gasteiger charge is -2.05. The number of nitriles is 1. The second-order valence-corrected chi connectivity index (χ2v) is 4.13. The third-order valence-electron chi connectivity index (χ3n) is 2.73. The second kappa shape index (κ2) is 6.87. The first-order valence-electron chi connectivity index (χ1n) is 6.20. The molecule has 1 amide bonds. The molecule has 0 spiro atoms. The third-order valence-corrected chi connectivity index (χ3v) is 2.73. The summed E-state index contributed by atoms with van der Waals surface area (Å²) in [5.74, 6) is 0.236. The van der Waals surface area contributed by atoms with Gasteiger partial charge in [-0.05, 0) is 48.0 Å². The third kappa shape index (κ3) is 3.91. The quantitative estimate of drug-likeness (QED) is 0.689. The smallest absolute Gasteiger partial charge is 0.266 e. The van der Waals surface area contributed by atoms with E-state index in [9.17, 15) is 4.79 Å². The minimum absolute atomic E-state index is 0.0250. The SMILES string of the molecule is COc1ccc(NC(=O)/C(C#N)=C\c2ccncc2)cc1. The van der Waals surface area contributed by atoms with E-state index in [0.29, 0.717) is 11.4 Å². The van der Waals surface area contributed by atoms with Crippen LogP contribution in [0.5, 0.6) is 5.75 Å². The van der Waals surface area contributed by atoms with Crippen LogP contribution in [0.4, 0.5) is 5.69 Å². The van der Waals surface area contributed by atoms with Crippen molar-refractivity contribution in [3.8, 4) is 11.8 Å². The Morgan fingerprint density at radius 1 is 1.24 bits per heavy atom. The Bertz CT molecular complexity index is 686. The standard InChI is InChI=1S/C16H13N3O2/c1-21-15-4-2-14(3-5-15)19-16(20)13(11-17)10-12-6-8-18-9-7-12/h2-10H,1H3,(H,19,20)/b13-10-. The molecule has 0 saturated heterocycles. The van der Waals surface area contributed by atoms with E-state index in [4.69, 9.17) is 10.00 Å². The number of ether oxygens (including phenoxy) is 1. The number of rotatable bonds is 4. The highest BCUT2D eigenvalue weighted by atomic mass is 16.5. The Labute approximate surface area is 122 Å². The highest BCUT2D eigenvalue weighted by Gasteiger charge is 2.09. The van der Waals surface area contributed by atoms with Gasteiger partial charge in [0.05, 0.1) is 7.11 Å². The number of hydrogen-bond acceptors (Lipinski definition) is 4.